The van der Waals surface area contributed by atoms with Gasteiger partial charge < -0.3 is 19.3 Å². The summed E-state index contributed by atoms with van der Waals surface area (Å²) >= 11 is 6.09. The lowest BCUT2D eigenvalue weighted by Crippen LogP contribution is -2.23. The molecule has 3 aromatic rings. The number of hydrogen-bond acceptors (Lipinski definition) is 6. The number of nitrogens with zero attached hydrogens (tertiary/aromatic N) is 2. The standard InChI is InChI=1S/C18H14ClN3O4/c19-13-7-12(8-14-17(13)25-10-24-14)18(23)20-9-16-21-15(22-26-16)6-11-4-2-1-3-5-11/h1-5,7-8H,6,9-10H2,(H,20,23). The van der Waals surface area contributed by atoms with Gasteiger partial charge in [0.2, 0.25) is 12.7 Å². The fourth-order valence-corrected chi connectivity index (χ4v) is 2.83. The van der Waals surface area contributed by atoms with E-state index in [9.17, 15) is 4.79 Å². The number of carbonyl (C=O) groups excluding carboxylic acids is 1. The molecule has 0 bridgehead atoms. The smallest absolute Gasteiger partial charge is 0.251 e. The number of rotatable bonds is 5. The highest BCUT2D eigenvalue weighted by Gasteiger charge is 2.21. The average molecular weight is 372 g/mol. The monoisotopic (exact) mass is 371 g/mol. The summed E-state index contributed by atoms with van der Waals surface area (Å²) in [6, 6.07) is 12.9. The molecule has 8 heteroatoms. The first-order chi connectivity index (χ1) is 12.7. The van der Waals surface area contributed by atoms with Gasteiger partial charge in [0.1, 0.15) is 0 Å². The molecule has 0 spiro atoms. The predicted molar refractivity (Wildman–Crippen MR) is 92.3 cm³/mol. The van der Waals surface area contributed by atoms with Crippen molar-refractivity contribution >= 4 is 17.5 Å². The minimum Gasteiger partial charge on any atom is -0.454 e. The molecule has 0 unspecified atom stereocenters. The van der Waals surface area contributed by atoms with Crippen molar-refractivity contribution in [2.24, 2.45) is 0 Å². The van der Waals surface area contributed by atoms with E-state index < -0.39 is 0 Å². The molecule has 1 N–H and O–H groups in total. The van der Waals surface area contributed by atoms with Gasteiger partial charge in [-0.2, -0.15) is 4.98 Å². The van der Waals surface area contributed by atoms with E-state index in [2.05, 4.69) is 15.5 Å². The van der Waals surface area contributed by atoms with Crippen LogP contribution in [0.3, 0.4) is 0 Å². The second-order valence-corrected chi connectivity index (χ2v) is 6.05. The molecule has 26 heavy (non-hydrogen) atoms. The largest absolute Gasteiger partial charge is 0.454 e. The minimum atomic E-state index is -0.326. The number of carbonyl (C=O) groups is 1. The average Bonchev–Trinajstić information content (AvgIpc) is 3.30. The van der Waals surface area contributed by atoms with E-state index in [4.69, 9.17) is 25.6 Å². The number of benzene rings is 2. The molecule has 1 aliphatic rings. The van der Waals surface area contributed by atoms with Crippen molar-refractivity contribution in [2.75, 3.05) is 6.79 Å². The summed E-state index contributed by atoms with van der Waals surface area (Å²) < 4.78 is 15.7. The maximum absolute atomic E-state index is 12.3. The van der Waals surface area contributed by atoms with E-state index in [1.54, 1.807) is 6.07 Å². The molecule has 2 heterocycles. The fraction of sp³-hybridized carbons (Fsp3) is 0.167. The number of ether oxygens (including phenoxy) is 2. The van der Waals surface area contributed by atoms with E-state index in [0.29, 0.717) is 40.2 Å². The normalized spacial score (nSPS) is 12.2. The number of nitrogens with one attached hydrogen (secondary N) is 1. The number of hydrogen-bond donors (Lipinski definition) is 1. The van der Waals surface area contributed by atoms with Crippen LogP contribution in [0.4, 0.5) is 0 Å². The summed E-state index contributed by atoms with van der Waals surface area (Å²) in [7, 11) is 0. The van der Waals surface area contributed by atoms with Crippen molar-refractivity contribution in [3.05, 3.63) is 70.3 Å². The first-order valence-corrected chi connectivity index (χ1v) is 8.29. The quantitative estimate of drug-likeness (QED) is 0.742. The van der Waals surface area contributed by atoms with Gasteiger partial charge in [0.25, 0.3) is 5.91 Å². The molecular formula is C18H14ClN3O4. The van der Waals surface area contributed by atoms with Gasteiger partial charge in [-0.15, -0.1) is 0 Å². The second-order valence-electron chi connectivity index (χ2n) is 5.64. The van der Waals surface area contributed by atoms with Crippen LogP contribution >= 0.6 is 11.6 Å². The number of amides is 1. The summed E-state index contributed by atoms with van der Waals surface area (Å²) in [6.07, 6.45) is 0.566. The van der Waals surface area contributed by atoms with E-state index in [1.165, 1.54) is 6.07 Å². The number of fused-ring (bicyclic) bond motifs is 1. The molecule has 0 saturated carbocycles. The van der Waals surface area contributed by atoms with E-state index in [-0.39, 0.29) is 19.2 Å². The molecule has 1 amide bonds. The highest BCUT2D eigenvalue weighted by molar-refractivity contribution is 6.32. The molecule has 7 nitrogen and oxygen atoms in total. The third kappa shape index (κ3) is 3.48. The molecule has 0 fully saturated rings. The predicted octanol–water partition coefficient (Wildman–Crippen LogP) is 2.97. The van der Waals surface area contributed by atoms with Crippen molar-refractivity contribution < 1.29 is 18.8 Å². The Hall–Kier alpha value is -3.06. The van der Waals surface area contributed by atoms with Crippen LogP contribution in [0, 0.1) is 0 Å². The van der Waals surface area contributed by atoms with Gasteiger partial charge in [-0.1, -0.05) is 47.1 Å². The van der Waals surface area contributed by atoms with Crippen molar-refractivity contribution in [1.29, 1.82) is 0 Å². The minimum absolute atomic E-state index is 0.0896. The van der Waals surface area contributed by atoms with Crippen LogP contribution in [-0.2, 0) is 13.0 Å². The van der Waals surface area contributed by atoms with Gasteiger partial charge in [-0.3, -0.25) is 4.79 Å². The maximum atomic E-state index is 12.3. The molecule has 2 aromatic carbocycles. The van der Waals surface area contributed by atoms with Crippen molar-refractivity contribution in [2.45, 2.75) is 13.0 Å². The Labute approximate surface area is 153 Å². The van der Waals surface area contributed by atoms with Crippen LogP contribution < -0.4 is 14.8 Å². The van der Waals surface area contributed by atoms with Crippen LogP contribution in [0.5, 0.6) is 11.5 Å². The Morgan fingerprint density at radius 2 is 2.04 bits per heavy atom. The van der Waals surface area contributed by atoms with E-state index in [1.807, 2.05) is 30.3 Å². The SMILES string of the molecule is O=C(NCc1nc(Cc2ccccc2)no1)c1cc(Cl)c2c(c1)OCO2. The molecule has 0 saturated heterocycles. The zero-order valence-corrected chi connectivity index (χ0v) is 14.3. The third-order valence-corrected chi connectivity index (χ3v) is 4.09. The summed E-state index contributed by atoms with van der Waals surface area (Å²) in [5.41, 5.74) is 1.45. The van der Waals surface area contributed by atoms with E-state index >= 15 is 0 Å². The topological polar surface area (TPSA) is 86.5 Å². The molecule has 1 aliphatic heterocycles. The van der Waals surface area contributed by atoms with Crippen molar-refractivity contribution in [3.63, 3.8) is 0 Å². The Kier molecular flexibility index (Phi) is 4.45. The van der Waals surface area contributed by atoms with Gasteiger partial charge >= 0.3 is 0 Å². The molecule has 0 aliphatic carbocycles. The highest BCUT2D eigenvalue weighted by Crippen LogP contribution is 2.39. The van der Waals surface area contributed by atoms with Crippen LogP contribution in [-0.4, -0.2) is 22.8 Å². The lowest BCUT2D eigenvalue weighted by atomic mass is 10.1. The molecule has 0 radical (unpaired) electrons. The molecular weight excluding hydrogens is 358 g/mol. The number of aromatic nitrogens is 2. The zero-order chi connectivity index (χ0) is 17.9. The molecule has 4 rings (SSSR count). The Bertz CT molecular complexity index is 943. The van der Waals surface area contributed by atoms with Gasteiger partial charge in [-0.05, 0) is 17.7 Å². The maximum Gasteiger partial charge on any atom is 0.251 e. The first-order valence-electron chi connectivity index (χ1n) is 7.92. The van der Waals surface area contributed by atoms with Gasteiger partial charge in [0, 0.05) is 12.0 Å². The van der Waals surface area contributed by atoms with Crippen molar-refractivity contribution in [1.82, 2.24) is 15.5 Å². The highest BCUT2D eigenvalue weighted by atomic mass is 35.5. The first kappa shape index (κ1) is 16.4. The molecule has 1 aromatic heterocycles. The third-order valence-electron chi connectivity index (χ3n) is 3.80. The Morgan fingerprint density at radius 1 is 1.19 bits per heavy atom. The lowest BCUT2D eigenvalue weighted by molar-refractivity contribution is 0.0946. The van der Waals surface area contributed by atoms with Gasteiger partial charge in [0.15, 0.2) is 17.3 Å². The summed E-state index contributed by atoms with van der Waals surface area (Å²) in [5, 5.41) is 6.98. The second kappa shape index (κ2) is 7.05. The zero-order valence-electron chi connectivity index (χ0n) is 13.6. The Balaban J connectivity index is 1.39. The molecule has 0 atom stereocenters. The lowest BCUT2D eigenvalue weighted by Gasteiger charge is -2.05. The fourth-order valence-electron chi connectivity index (χ4n) is 2.57. The number of halogens is 1. The summed E-state index contributed by atoms with van der Waals surface area (Å²) in [5.74, 6) is 1.46. The van der Waals surface area contributed by atoms with Crippen LogP contribution in [0.15, 0.2) is 47.0 Å². The summed E-state index contributed by atoms with van der Waals surface area (Å²) in [4.78, 5) is 16.6. The van der Waals surface area contributed by atoms with Gasteiger partial charge in [-0.25, -0.2) is 0 Å². The molecule has 132 valence electrons. The Morgan fingerprint density at radius 3 is 2.88 bits per heavy atom. The van der Waals surface area contributed by atoms with Crippen molar-refractivity contribution in [3.8, 4) is 11.5 Å². The van der Waals surface area contributed by atoms with Crippen LogP contribution in [0.2, 0.25) is 5.02 Å². The van der Waals surface area contributed by atoms with Crippen LogP contribution in [0.25, 0.3) is 0 Å². The van der Waals surface area contributed by atoms with Gasteiger partial charge in [0.05, 0.1) is 11.6 Å². The van der Waals surface area contributed by atoms with Crippen LogP contribution in [0.1, 0.15) is 27.6 Å². The van der Waals surface area contributed by atoms with E-state index in [0.717, 1.165) is 5.56 Å². The summed E-state index contributed by atoms with van der Waals surface area (Å²) in [6.45, 7) is 0.207.